The van der Waals surface area contributed by atoms with Gasteiger partial charge in [-0.3, -0.25) is 0 Å². The van der Waals surface area contributed by atoms with Crippen molar-refractivity contribution in [3.05, 3.63) is 41.5 Å². The predicted molar refractivity (Wildman–Crippen MR) is 119 cm³/mol. The largest absolute Gasteiger partial charge is 0.377 e. The number of hydrogen-bond donors (Lipinski definition) is 1. The van der Waals surface area contributed by atoms with E-state index in [1.165, 1.54) is 11.1 Å². The number of benzene rings is 1. The summed E-state index contributed by atoms with van der Waals surface area (Å²) in [7, 11) is 1.67. The van der Waals surface area contributed by atoms with Crippen molar-refractivity contribution >= 4 is 33.4 Å². The quantitative estimate of drug-likeness (QED) is 0.680. The van der Waals surface area contributed by atoms with Gasteiger partial charge in [0.25, 0.3) is 0 Å². The number of ether oxygens (including phenoxy) is 1. The molecule has 2 fully saturated rings. The molecule has 1 aromatic carbocycles. The van der Waals surface area contributed by atoms with E-state index in [4.69, 9.17) is 14.7 Å². The number of aromatic nitrogens is 2. The number of piperidine rings is 1. The van der Waals surface area contributed by atoms with E-state index in [1.54, 1.807) is 18.4 Å². The van der Waals surface area contributed by atoms with E-state index in [0.717, 1.165) is 55.1 Å². The number of amides is 2. The summed E-state index contributed by atoms with van der Waals surface area (Å²) in [5.74, 6) is 1.69. The first-order valence-corrected chi connectivity index (χ1v) is 11.2. The molecule has 2 aromatic heterocycles. The van der Waals surface area contributed by atoms with Crippen LogP contribution >= 0.6 is 11.3 Å². The summed E-state index contributed by atoms with van der Waals surface area (Å²) in [4.78, 5) is 27.1. The van der Waals surface area contributed by atoms with Crippen molar-refractivity contribution in [2.75, 3.05) is 38.2 Å². The zero-order chi connectivity index (χ0) is 20.5. The Morgan fingerprint density at radius 3 is 2.67 bits per heavy atom. The van der Waals surface area contributed by atoms with Crippen molar-refractivity contribution in [2.24, 2.45) is 0 Å². The maximum Gasteiger partial charge on any atom is 0.317 e. The number of methoxy groups -OCH3 is 1. The number of thiophene rings is 1. The van der Waals surface area contributed by atoms with Gasteiger partial charge in [0.1, 0.15) is 17.3 Å². The molecule has 3 aromatic rings. The molecule has 8 heteroatoms. The van der Waals surface area contributed by atoms with Gasteiger partial charge in [0, 0.05) is 50.3 Å². The van der Waals surface area contributed by atoms with Crippen molar-refractivity contribution in [2.45, 2.75) is 25.5 Å². The van der Waals surface area contributed by atoms with E-state index in [1.807, 2.05) is 11.0 Å². The lowest BCUT2D eigenvalue weighted by atomic mass is 10.0. The Morgan fingerprint density at radius 2 is 1.97 bits per heavy atom. The minimum Gasteiger partial charge on any atom is -0.377 e. The van der Waals surface area contributed by atoms with Gasteiger partial charge in [-0.1, -0.05) is 30.3 Å². The van der Waals surface area contributed by atoms with Crippen molar-refractivity contribution in [1.82, 2.24) is 20.2 Å². The zero-order valence-corrected chi connectivity index (χ0v) is 17.8. The van der Waals surface area contributed by atoms with Gasteiger partial charge in [-0.15, -0.1) is 11.3 Å². The molecule has 156 valence electrons. The Labute approximate surface area is 179 Å². The van der Waals surface area contributed by atoms with Crippen LogP contribution < -0.4 is 10.2 Å². The normalized spacial score (nSPS) is 17.7. The Bertz CT molecular complexity index is 1050. The second-order valence-corrected chi connectivity index (χ2v) is 8.59. The molecule has 0 aliphatic carbocycles. The lowest BCUT2D eigenvalue weighted by Crippen LogP contribution is -2.46. The van der Waals surface area contributed by atoms with E-state index >= 15 is 0 Å². The monoisotopic (exact) mass is 423 g/mol. The number of rotatable bonds is 5. The fourth-order valence-electron chi connectivity index (χ4n) is 4.44. The molecule has 2 saturated heterocycles. The fourth-order valence-corrected chi connectivity index (χ4v) is 5.40. The van der Waals surface area contributed by atoms with Gasteiger partial charge < -0.3 is 19.9 Å². The highest BCUT2D eigenvalue weighted by Crippen LogP contribution is 2.39. The predicted octanol–water partition coefficient (Wildman–Crippen LogP) is 3.50. The van der Waals surface area contributed by atoms with Crippen molar-refractivity contribution in [1.29, 1.82) is 0 Å². The first-order valence-electron chi connectivity index (χ1n) is 10.4. The van der Waals surface area contributed by atoms with Gasteiger partial charge in [0.2, 0.25) is 0 Å². The Kier molecular flexibility index (Phi) is 5.26. The van der Waals surface area contributed by atoms with Crippen LogP contribution in [0.15, 0.2) is 35.7 Å². The minimum atomic E-state index is 0.0736. The molecule has 2 aliphatic heterocycles. The second kappa shape index (κ2) is 8.20. The van der Waals surface area contributed by atoms with Gasteiger partial charge in [-0.25, -0.2) is 14.8 Å². The molecule has 4 heterocycles. The Balaban J connectivity index is 1.49. The average molecular weight is 424 g/mol. The number of nitrogens with zero attached hydrogens (tertiary/aromatic N) is 4. The molecule has 5 rings (SSSR count). The first kappa shape index (κ1) is 19.3. The van der Waals surface area contributed by atoms with Gasteiger partial charge in [0.05, 0.1) is 5.39 Å². The van der Waals surface area contributed by atoms with Crippen LogP contribution in [0.5, 0.6) is 0 Å². The van der Waals surface area contributed by atoms with Crippen LogP contribution in [-0.2, 0) is 11.3 Å². The fraction of sp³-hybridized carbons (Fsp3) is 0.409. The van der Waals surface area contributed by atoms with E-state index in [9.17, 15) is 4.79 Å². The highest BCUT2D eigenvalue weighted by Gasteiger charge is 2.32. The molecule has 1 N–H and O–H groups in total. The second-order valence-electron chi connectivity index (χ2n) is 7.74. The summed E-state index contributed by atoms with van der Waals surface area (Å²) in [6.07, 6.45) is 1.90. The van der Waals surface area contributed by atoms with Crippen LogP contribution in [0.1, 0.15) is 18.7 Å². The van der Waals surface area contributed by atoms with Crippen LogP contribution in [-0.4, -0.2) is 60.2 Å². The van der Waals surface area contributed by atoms with Crippen molar-refractivity contribution in [3.63, 3.8) is 0 Å². The number of carbonyl (C=O) groups is 1. The number of nitrogens with one attached hydrogen (secondary N) is 1. The Morgan fingerprint density at radius 1 is 1.17 bits per heavy atom. The third-order valence-electron chi connectivity index (χ3n) is 5.91. The number of fused-ring (bicyclic) bond motifs is 1. The molecule has 7 nitrogen and oxygen atoms in total. The summed E-state index contributed by atoms with van der Waals surface area (Å²) in [6.45, 7) is 3.70. The van der Waals surface area contributed by atoms with Crippen LogP contribution in [0.4, 0.5) is 10.6 Å². The molecule has 0 bridgehead atoms. The number of carbonyl (C=O) groups excluding carboxylic acids is 1. The van der Waals surface area contributed by atoms with Crippen LogP contribution in [0.2, 0.25) is 0 Å². The van der Waals surface area contributed by atoms with Crippen molar-refractivity contribution in [3.8, 4) is 11.1 Å². The summed E-state index contributed by atoms with van der Waals surface area (Å²) < 4.78 is 5.32. The maximum absolute atomic E-state index is 12.1. The minimum absolute atomic E-state index is 0.0736. The number of urea groups is 1. The molecule has 2 aliphatic rings. The summed E-state index contributed by atoms with van der Waals surface area (Å²) >= 11 is 1.65. The smallest absolute Gasteiger partial charge is 0.317 e. The number of anilines is 1. The third kappa shape index (κ3) is 3.50. The first-order chi connectivity index (χ1) is 14.7. The highest BCUT2D eigenvalue weighted by atomic mass is 32.1. The molecule has 0 radical (unpaired) electrons. The molecule has 0 atom stereocenters. The van der Waals surface area contributed by atoms with Crippen molar-refractivity contribution < 1.29 is 9.53 Å². The topological polar surface area (TPSA) is 70.6 Å². The van der Waals surface area contributed by atoms with E-state index in [0.29, 0.717) is 18.5 Å². The zero-order valence-electron chi connectivity index (χ0n) is 17.0. The third-order valence-corrected chi connectivity index (χ3v) is 6.79. The lowest BCUT2D eigenvalue weighted by Gasteiger charge is -2.37. The van der Waals surface area contributed by atoms with Crippen LogP contribution in [0, 0.1) is 0 Å². The Hall–Kier alpha value is -2.71. The highest BCUT2D eigenvalue weighted by molar-refractivity contribution is 7.17. The van der Waals surface area contributed by atoms with Gasteiger partial charge in [0.15, 0.2) is 5.82 Å². The molecule has 0 unspecified atom stereocenters. The van der Waals surface area contributed by atoms with Crippen LogP contribution in [0.3, 0.4) is 0 Å². The van der Waals surface area contributed by atoms with E-state index < -0.39 is 0 Å². The molecular formula is C22H25N5O2S. The van der Waals surface area contributed by atoms with Gasteiger partial charge >= 0.3 is 6.03 Å². The standard InChI is InChI=1S/C22H25N5O2S/c1-29-13-18-24-20(26-10-7-16(8-11-26)27-12-9-23-22(27)28)19-17(14-30-21(19)25-18)15-5-3-2-4-6-15/h2-6,14,16H,7-13H2,1H3,(H,23,28). The molecule has 0 saturated carbocycles. The maximum atomic E-state index is 12.1. The van der Waals surface area contributed by atoms with E-state index in [2.05, 4.69) is 39.9 Å². The van der Waals surface area contributed by atoms with Gasteiger partial charge in [-0.05, 0) is 18.4 Å². The molecule has 2 amide bonds. The van der Waals surface area contributed by atoms with E-state index in [-0.39, 0.29) is 6.03 Å². The lowest BCUT2D eigenvalue weighted by molar-refractivity contribution is 0.178. The summed E-state index contributed by atoms with van der Waals surface area (Å²) in [6, 6.07) is 10.8. The summed E-state index contributed by atoms with van der Waals surface area (Å²) in [5.41, 5.74) is 2.35. The number of hydrogen-bond acceptors (Lipinski definition) is 6. The SMILES string of the molecule is COCc1nc(N2CCC(N3CCNC3=O)CC2)c2c(-c3ccccc3)csc2n1. The molecular weight excluding hydrogens is 398 g/mol. The average Bonchev–Trinajstić information content (AvgIpc) is 3.40. The molecule has 0 spiro atoms. The van der Waals surface area contributed by atoms with Gasteiger partial charge in [-0.2, -0.15) is 0 Å². The summed E-state index contributed by atoms with van der Waals surface area (Å²) in [5, 5.41) is 6.21. The van der Waals surface area contributed by atoms with Crippen LogP contribution in [0.25, 0.3) is 21.3 Å². The molecule has 30 heavy (non-hydrogen) atoms.